The highest BCUT2D eigenvalue weighted by molar-refractivity contribution is 9.10. The van der Waals surface area contributed by atoms with Gasteiger partial charge in [0.05, 0.1) is 8.44 Å². The Bertz CT molecular complexity index is 581. The quantitative estimate of drug-likeness (QED) is 0.774. The van der Waals surface area contributed by atoms with Gasteiger partial charge in [0.1, 0.15) is 4.60 Å². The molecule has 0 aliphatic rings. The summed E-state index contributed by atoms with van der Waals surface area (Å²) in [5.41, 5.74) is -1.03. The van der Waals surface area contributed by atoms with Crippen molar-refractivity contribution in [2.45, 2.75) is 26.0 Å². The molecule has 1 heterocycles. The SMILES string of the molecule is [2H]c1c(Br)nnc(C([2H])(C([2H])([2H])[2H])C([2H])([2H])C([2H])([2H])[2H])c1[2H]. The van der Waals surface area contributed by atoms with Crippen LogP contribution >= 0.6 is 15.9 Å². The first-order valence-corrected chi connectivity index (χ1v) is 3.38. The van der Waals surface area contributed by atoms with Crippen LogP contribution in [0.5, 0.6) is 0 Å². The monoisotopic (exact) mass is 225 g/mol. The van der Waals surface area contributed by atoms with E-state index in [4.69, 9.17) is 15.1 Å². The summed E-state index contributed by atoms with van der Waals surface area (Å²) in [4.78, 5) is 0. The van der Waals surface area contributed by atoms with Crippen LogP contribution in [0.3, 0.4) is 0 Å². The first-order valence-electron chi connectivity index (χ1n) is 8.09. The van der Waals surface area contributed by atoms with Crippen LogP contribution in [0.4, 0.5) is 0 Å². The molecule has 1 rings (SSSR count). The van der Waals surface area contributed by atoms with Gasteiger partial charge in [-0.05, 0) is 40.3 Å². The number of hydrogen-bond donors (Lipinski definition) is 0. The third-order valence-electron chi connectivity index (χ3n) is 0.884. The first kappa shape index (κ1) is 2.08. The Balaban J connectivity index is 3.82. The van der Waals surface area contributed by atoms with Crippen LogP contribution in [0.2, 0.25) is 0 Å². The number of halogens is 1. The Labute approximate surface area is 90.6 Å². The largest absolute Gasteiger partial charge is 0.154 e. The van der Waals surface area contributed by atoms with Crippen LogP contribution in [0, 0.1) is 0 Å². The average Bonchev–Trinajstić information content (AvgIpc) is 2.32. The summed E-state index contributed by atoms with van der Waals surface area (Å²) in [6.07, 6.45) is -3.56. The molecule has 2 nitrogen and oxygen atoms in total. The molecule has 0 aliphatic carbocycles. The Morgan fingerprint density at radius 2 is 2.82 bits per heavy atom. The molecule has 1 atom stereocenters. The van der Waals surface area contributed by atoms with Gasteiger partial charge in [0, 0.05) is 12.3 Å². The van der Waals surface area contributed by atoms with E-state index in [1.165, 1.54) is 0 Å². The van der Waals surface area contributed by atoms with Crippen molar-refractivity contribution in [3.8, 4) is 0 Å². The molecule has 11 heavy (non-hydrogen) atoms. The molecule has 60 valence electrons. The van der Waals surface area contributed by atoms with Gasteiger partial charge in [-0.2, -0.15) is 5.10 Å². The molecule has 1 aromatic heterocycles. The number of rotatable bonds is 2. The van der Waals surface area contributed by atoms with Crippen molar-refractivity contribution < 1.29 is 15.1 Å². The summed E-state index contributed by atoms with van der Waals surface area (Å²) in [7, 11) is 0. The van der Waals surface area contributed by atoms with Crippen LogP contribution < -0.4 is 0 Å². The predicted octanol–water partition coefficient (Wildman–Crippen LogP) is 2.75. The molecule has 0 spiro atoms. The zero-order valence-electron chi connectivity index (χ0n) is 16.3. The lowest BCUT2D eigenvalue weighted by atomic mass is 10.1. The average molecular weight is 226 g/mol. The van der Waals surface area contributed by atoms with Crippen molar-refractivity contribution in [2.24, 2.45) is 0 Å². The van der Waals surface area contributed by atoms with Gasteiger partial charge in [0.15, 0.2) is 0 Å². The molecule has 1 unspecified atom stereocenters. The summed E-state index contributed by atoms with van der Waals surface area (Å²) in [6.45, 7) is -6.93. The predicted molar refractivity (Wildman–Crippen MR) is 48.4 cm³/mol. The van der Waals surface area contributed by atoms with E-state index >= 15 is 0 Å². The van der Waals surface area contributed by atoms with E-state index in [1.807, 2.05) is 0 Å². The highest BCUT2D eigenvalue weighted by Gasteiger charge is 2.03. The maximum atomic E-state index is 8.06. The third kappa shape index (κ3) is 2.26. The molecule has 3 heteroatoms. The van der Waals surface area contributed by atoms with Crippen molar-refractivity contribution in [3.63, 3.8) is 0 Å². The summed E-state index contributed by atoms with van der Waals surface area (Å²) in [5.74, 6) is -3.40. The summed E-state index contributed by atoms with van der Waals surface area (Å²) < 4.78 is 82.4. The van der Waals surface area contributed by atoms with Gasteiger partial charge >= 0.3 is 0 Å². The molecule has 0 bridgehead atoms. The van der Waals surface area contributed by atoms with Crippen LogP contribution in [0.25, 0.3) is 0 Å². The van der Waals surface area contributed by atoms with E-state index in [9.17, 15) is 0 Å². The molecule has 0 aromatic carbocycles. The molecule has 0 saturated carbocycles. The smallest absolute Gasteiger partial charge is 0.128 e. The van der Waals surface area contributed by atoms with E-state index < -0.39 is 43.7 Å². The highest BCUT2D eigenvalue weighted by atomic mass is 79.9. The van der Waals surface area contributed by atoms with Gasteiger partial charge in [0.2, 0.25) is 0 Å². The van der Waals surface area contributed by atoms with E-state index in [0.717, 1.165) is 0 Å². The minimum absolute atomic E-state index is 0.205. The van der Waals surface area contributed by atoms with Crippen molar-refractivity contribution in [1.82, 2.24) is 10.2 Å². The summed E-state index contributed by atoms with van der Waals surface area (Å²) in [6, 6.07) is -1.49. The van der Waals surface area contributed by atoms with Crippen LogP contribution in [-0.2, 0) is 0 Å². The summed E-state index contributed by atoms with van der Waals surface area (Å²) >= 11 is 2.80. The molecule has 0 saturated heterocycles. The van der Waals surface area contributed by atoms with Gasteiger partial charge in [-0.15, -0.1) is 5.10 Å². The number of aromatic nitrogens is 2. The minimum atomic E-state index is -3.56. The minimum Gasteiger partial charge on any atom is -0.154 e. The Kier molecular flexibility index (Phi) is 0.719. The molecule has 0 aliphatic heterocycles. The van der Waals surface area contributed by atoms with E-state index in [-0.39, 0.29) is 4.60 Å². The Morgan fingerprint density at radius 1 is 1.91 bits per heavy atom. The molecule has 0 fully saturated rings. The second kappa shape index (κ2) is 3.81. The zero-order valence-corrected chi connectivity index (χ0v) is 6.86. The molecule has 1 aromatic rings. The van der Waals surface area contributed by atoms with Crippen LogP contribution in [-0.4, -0.2) is 10.2 Å². The van der Waals surface area contributed by atoms with E-state index in [0.29, 0.717) is 0 Å². The van der Waals surface area contributed by atoms with E-state index in [2.05, 4.69) is 26.1 Å². The fraction of sp³-hybridized carbons (Fsp3) is 0.500. The second-order valence-electron chi connectivity index (χ2n) is 1.59. The summed E-state index contributed by atoms with van der Waals surface area (Å²) in [5, 5.41) is 6.67. The molecular weight excluding hydrogens is 204 g/mol. The zero-order chi connectivity index (χ0) is 17.7. The fourth-order valence-electron chi connectivity index (χ4n) is 0.426. The third-order valence-corrected chi connectivity index (χ3v) is 1.24. The van der Waals surface area contributed by atoms with Crippen molar-refractivity contribution in [3.05, 3.63) is 22.4 Å². The lowest BCUT2D eigenvalue weighted by Gasteiger charge is -2.05. The van der Waals surface area contributed by atoms with Crippen LogP contribution in [0.15, 0.2) is 16.7 Å². The molecular formula is C8H11BrN2. The van der Waals surface area contributed by atoms with Gasteiger partial charge in [0.25, 0.3) is 0 Å². The molecule has 0 radical (unpaired) electrons. The first-order chi connectivity index (χ1) is 9.59. The Hall–Kier alpha value is -0.440. The van der Waals surface area contributed by atoms with Crippen molar-refractivity contribution >= 4 is 15.9 Å². The lowest BCUT2D eigenvalue weighted by Crippen LogP contribution is -1.96. The topological polar surface area (TPSA) is 25.8 Å². The Morgan fingerprint density at radius 3 is 3.55 bits per heavy atom. The van der Waals surface area contributed by atoms with Gasteiger partial charge < -0.3 is 0 Å². The van der Waals surface area contributed by atoms with Gasteiger partial charge in [-0.3, -0.25) is 0 Å². The number of hydrogen-bond acceptors (Lipinski definition) is 2. The van der Waals surface area contributed by atoms with Gasteiger partial charge in [-0.1, -0.05) is 13.7 Å². The van der Waals surface area contributed by atoms with Crippen molar-refractivity contribution in [2.75, 3.05) is 0 Å². The maximum Gasteiger partial charge on any atom is 0.128 e. The second-order valence-corrected chi connectivity index (χ2v) is 2.34. The highest BCUT2D eigenvalue weighted by Crippen LogP contribution is 2.15. The normalized spacial score (nSPS) is 34.1. The van der Waals surface area contributed by atoms with Gasteiger partial charge in [-0.25, -0.2) is 0 Å². The van der Waals surface area contributed by atoms with Crippen LogP contribution in [0.1, 0.15) is 46.7 Å². The number of nitrogens with zero attached hydrogens (tertiary/aromatic N) is 2. The lowest BCUT2D eigenvalue weighted by molar-refractivity contribution is 0.688. The standard InChI is InChI=1S/C8H11BrN2/c1-3-6(2)7-4-5-8(9)11-10-7/h4-6H,3H2,1-2H3/i1D3,2D3,3D2,4D,5D,6D. The molecule has 0 amide bonds. The van der Waals surface area contributed by atoms with Crippen molar-refractivity contribution in [1.29, 1.82) is 0 Å². The molecule has 0 N–H and O–H groups in total. The fourth-order valence-corrected chi connectivity index (χ4v) is 0.605. The van der Waals surface area contributed by atoms with E-state index in [1.54, 1.807) is 0 Å². The maximum absolute atomic E-state index is 8.06.